The van der Waals surface area contributed by atoms with Crippen LogP contribution in [0.5, 0.6) is 0 Å². The first-order valence-corrected chi connectivity index (χ1v) is 4.82. The Bertz CT molecular complexity index is 322. The van der Waals surface area contributed by atoms with E-state index in [0.717, 1.165) is 13.1 Å². The third-order valence-corrected chi connectivity index (χ3v) is 2.64. The van der Waals surface area contributed by atoms with Crippen molar-refractivity contribution < 1.29 is 8.78 Å². The Kier molecular flexibility index (Phi) is 2.50. The van der Waals surface area contributed by atoms with E-state index in [2.05, 4.69) is 5.32 Å². The summed E-state index contributed by atoms with van der Waals surface area (Å²) in [5, 5.41) is 3.09. The molecule has 0 radical (unpaired) electrons. The van der Waals surface area contributed by atoms with E-state index in [1.54, 1.807) is 6.92 Å². The number of hydrogen-bond donors (Lipinski definition) is 1. The Labute approximate surface area is 82.1 Å². The number of benzene rings is 1. The van der Waals surface area contributed by atoms with Gasteiger partial charge in [-0.1, -0.05) is 0 Å². The minimum atomic E-state index is -0.408. The van der Waals surface area contributed by atoms with Gasteiger partial charge < -0.3 is 5.32 Å². The standard InChI is InChI=1S/C11H13F2N/c1-7-2-10(12)9(11(13)3-7)4-8-5-14-6-8/h2-3,8,14H,4-6H2,1H3. The fraction of sp³-hybridized carbons (Fsp3) is 0.455. The third-order valence-electron chi connectivity index (χ3n) is 2.64. The van der Waals surface area contributed by atoms with Crippen molar-refractivity contribution in [1.82, 2.24) is 5.32 Å². The maximum Gasteiger partial charge on any atom is 0.129 e. The van der Waals surface area contributed by atoms with Crippen molar-refractivity contribution in [3.8, 4) is 0 Å². The van der Waals surface area contributed by atoms with E-state index in [-0.39, 0.29) is 5.56 Å². The lowest BCUT2D eigenvalue weighted by atomic mass is 9.93. The van der Waals surface area contributed by atoms with Crippen LogP contribution in [0.25, 0.3) is 0 Å². The van der Waals surface area contributed by atoms with E-state index in [1.807, 2.05) is 0 Å². The van der Waals surface area contributed by atoms with Crippen molar-refractivity contribution in [2.45, 2.75) is 13.3 Å². The first-order valence-electron chi connectivity index (χ1n) is 4.82. The van der Waals surface area contributed by atoms with Crippen LogP contribution in [0.4, 0.5) is 8.78 Å². The lowest BCUT2D eigenvalue weighted by Crippen LogP contribution is -2.43. The van der Waals surface area contributed by atoms with Crippen molar-refractivity contribution in [3.63, 3.8) is 0 Å². The van der Waals surface area contributed by atoms with Crippen LogP contribution in [0.1, 0.15) is 11.1 Å². The van der Waals surface area contributed by atoms with Crippen molar-refractivity contribution >= 4 is 0 Å². The molecule has 0 spiro atoms. The molecule has 0 aromatic heterocycles. The predicted octanol–water partition coefficient (Wildman–Crippen LogP) is 2.04. The summed E-state index contributed by atoms with van der Waals surface area (Å²) < 4.78 is 26.7. The Morgan fingerprint density at radius 1 is 1.29 bits per heavy atom. The second kappa shape index (κ2) is 3.65. The number of rotatable bonds is 2. The molecule has 0 saturated carbocycles. The third kappa shape index (κ3) is 1.77. The lowest BCUT2D eigenvalue weighted by molar-refractivity contribution is 0.338. The normalized spacial score (nSPS) is 16.8. The molecular weight excluding hydrogens is 184 g/mol. The molecule has 3 heteroatoms. The summed E-state index contributed by atoms with van der Waals surface area (Å²) in [6.07, 6.45) is 0.505. The molecule has 1 aliphatic heterocycles. The maximum atomic E-state index is 13.4. The van der Waals surface area contributed by atoms with Gasteiger partial charge in [-0.15, -0.1) is 0 Å². The zero-order valence-electron chi connectivity index (χ0n) is 8.11. The van der Waals surface area contributed by atoms with Gasteiger partial charge in [-0.3, -0.25) is 0 Å². The summed E-state index contributed by atoms with van der Waals surface area (Å²) in [6, 6.07) is 2.79. The van der Waals surface area contributed by atoms with Gasteiger partial charge in [0.25, 0.3) is 0 Å². The molecule has 1 aliphatic rings. The second-order valence-electron chi connectivity index (χ2n) is 3.94. The lowest BCUT2D eigenvalue weighted by Gasteiger charge is -2.27. The molecule has 1 aromatic rings. The Hall–Kier alpha value is -0.960. The van der Waals surface area contributed by atoms with Gasteiger partial charge in [-0.25, -0.2) is 8.78 Å². The van der Waals surface area contributed by atoms with Crippen molar-refractivity contribution in [2.24, 2.45) is 5.92 Å². The van der Waals surface area contributed by atoms with Gasteiger partial charge >= 0.3 is 0 Å². The monoisotopic (exact) mass is 197 g/mol. The maximum absolute atomic E-state index is 13.4. The van der Waals surface area contributed by atoms with Gasteiger partial charge in [-0.2, -0.15) is 0 Å². The smallest absolute Gasteiger partial charge is 0.129 e. The average Bonchev–Trinajstić information content (AvgIpc) is 1.98. The molecule has 1 fully saturated rings. The summed E-state index contributed by atoms with van der Waals surface area (Å²) in [6.45, 7) is 3.43. The van der Waals surface area contributed by atoms with Crippen molar-refractivity contribution in [3.05, 3.63) is 34.9 Å². The molecule has 14 heavy (non-hydrogen) atoms. The van der Waals surface area contributed by atoms with Crippen molar-refractivity contribution in [1.29, 1.82) is 0 Å². The molecule has 0 atom stereocenters. The second-order valence-corrected chi connectivity index (χ2v) is 3.94. The molecule has 0 amide bonds. The summed E-state index contributed by atoms with van der Waals surface area (Å²) in [5.74, 6) is -0.425. The van der Waals surface area contributed by atoms with Crippen LogP contribution in [0.3, 0.4) is 0 Å². The molecule has 1 N–H and O–H groups in total. The van der Waals surface area contributed by atoms with Crippen LogP contribution in [-0.2, 0) is 6.42 Å². The van der Waals surface area contributed by atoms with E-state index in [4.69, 9.17) is 0 Å². The molecule has 2 rings (SSSR count). The largest absolute Gasteiger partial charge is 0.316 e. The highest BCUT2D eigenvalue weighted by atomic mass is 19.1. The Morgan fingerprint density at radius 3 is 2.29 bits per heavy atom. The quantitative estimate of drug-likeness (QED) is 0.765. The summed E-state index contributed by atoms with van der Waals surface area (Å²) in [4.78, 5) is 0. The molecule has 1 heterocycles. The van der Waals surface area contributed by atoms with E-state index >= 15 is 0 Å². The number of nitrogens with one attached hydrogen (secondary N) is 1. The zero-order valence-corrected chi connectivity index (χ0v) is 8.11. The van der Waals surface area contributed by atoms with E-state index in [1.165, 1.54) is 12.1 Å². The number of aryl methyl sites for hydroxylation is 1. The molecular formula is C11H13F2N. The average molecular weight is 197 g/mol. The summed E-state index contributed by atoms with van der Waals surface area (Å²) >= 11 is 0. The van der Waals surface area contributed by atoms with Crippen LogP contribution < -0.4 is 5.32 Å². The number of halogens is 2. The van der Waals surface area contributed by atoms with Crippen LogP contribution in [0.2, 0.25) is 0 Å². The highest BCUT2D eigenvalue weighted by Gasteiger charge is 2.21. The summed E-state index contributed by atoms with van der Waals surface area (Å²) in [5.41, 5.74) is 0.873. The first-order chi connectivity index (χ1) is 6.66. The molecule has 76 valence electrons. The van der Waals surface area contributed by atoms with E-state index in [0.29, 0.717) is 17.9 Å². The number of hydrogen-bond acceptors (Lipinski definition) is 1. The van der Waals surface area contributed by atoms with Gasteiger partial charge in [0.15, 0.2) is 0 Å². The van der Waals surface area contributed by atoms with E-state index < -0.39 is 11.6 Å². The van der Waals surface area contributed by atoms with Crippen LogP contribution in [0.15, 0.2) is 12.1 Å². The highest BCUT2D eigenvalue weighted by molar-refractivity contribution is 5.26. The topological polar surface area (TPSA) is 12.0 Å². The molecule has 1 nitrogen and oxygen atoms in total. The molecule has 0 aliphatic carbocycles. The minimum Gasteiger partial charge on any atom is -0.316 e. The van der Waals surface area contributed by atoms with Gasteiger partial charge in [0.05, 0.1) is 0 Å². The molecule has 1 saturated heterocycles. The molecule has 0 unspecified atom stereocenters. The van der Waals surface area contributed by atoms with Gasteiger partial charge in [0.2, 0.25) is 0 Å². The highest BCUT2D eigenvalue weighted by Crippen LogP contribution is 2.20. The van der Waals surface area contributed by atoms with Crippen LogP contribution in [-0.4, -0.2) is 13.1 Å². The van der Waals surface area contributed by atoms with Gasteiger partial charge in [0.1, 0.15) is 11.6 Å². The van der Waals surface area contributed by atoms with Crippen molar-refractivity contribution in [2.75, 3.05) is 13.1 Å². The predicted molar refractivity (Wildman–Crippen MR) is 51.2 cm³/mol. The fourth-order valence-corrected chi connectivity index (χ4v) is 1.71. The Balaban J connectivity index is 2.22. The van der Waals surface area contributed by atoms with Crippen LogP contribution >= 0.6 is 0 Å². The zero-order chi connectivity index (χ0) is 10.1. The minimum absolute atomic E-state index is 0.238. The molecule has 1 aromatic carbocycles. The fourth-order valence-electron chi connectivity index (χ4n) is 1.71. The first kappa shape index (κ1) is 9.59. The van der Waals surface area contributed by atoms with Gasteiger partial charge in [0, 0.05) is 5.56 Å². The SMILES string of the molecule is Cc1cc(F)c(CC2CNC2)c(F)c1. The van der Waals surface area contributed by atoms with Gasteiger partial charge in [-0.05, 0) is 50.0 Å². The summed E-state index contributed by atoms with van der Waals surface area (Å²) in [7, 11) is 0. The van der Waals surface area contributed by atoms with Crippen LogP contribution in [0, 0.1) is 24.5 Å². The van der Waals surface area contributed by atoms with E-state index in [9.17, 15) is 8.78 Å². The Morgan fingerprint density at radius 2 is 1.86 bits per heavy atom. The molecule has 0 bridgehead atoms.